The molecule has 2 aromatic rings. The molecular formula is C16H18N2O5S. The van der Waals surface area contributed by atoms with Gasteiger partial charge in [0.2, 0.25) is 10.0 Å². The van der Waals surface area contributed by atoms with E-state index >= 15 is 0 Å². The van der Waals surface area contributed by atoms with Crippen molar-refractivity contribution in [3.05, 3.63) is 46.8 Å². The molecule has 24 heavy (non-hydrogen) atoms. The molecule has 1 aliphatic heterocycles. The summed E-state index contributed by atoms with van der Waals surface area (Å²) in [4.78, 5) is 12.2. The Morgan fingerprint density at radius 2 is 2.17 bits per heavy atom. The van der Waals surface area contributed by atoms with Crippen molar-refractivity contribution >= 4 is 21.7 Å². The lowest BCUT2D eigenvalue weighted by molar-refractivity contribution is 0.0464. The zero-order chi connectivity index (χ0) is 17.5. The van der Waals surface area contributed by atoms with Gasteiger partial charge in [0.1, 0.15) is 18.1 Å². The Bertz CT molecular complexity index is 888. The molecule has 128 valence electrons. The first-order valence-corrected chi connectivity index (χ1v) is 9.32. The van der Waals surface area contributed by atoms with E-state index in [4.69, 9.17) is 9.26 Å². The SMILES string of the molecule is Cc1cc(COC(=O)c2ccc3c(c2)CC(C)N3S(C)(=O)=O)no1. The number of carbonyl (C=O) groups excluding carboxylic acids is 1. The Balaban J connectivity index is 1.77. The van der Waals surface area contributed by atoms with E-state index in [2.05, 4.69) is 5.16 Å². The van der Waals surface area contributed by atoms with Crippen LogP contribution in [-0.2, 0) is 27.8 Å². The molecule has 1 atom stereocenters. The number of carbonyl (C=O) groups is 1. The van der Waals surface area contributed by atoms with Gasteiger partial charge in [-0.1, -0.05) is 5.16 Å². The number of esters is 1. The van der Waals surface area contributed by atoms with Crippen LogP contribution in [0.1, 0.15) is 34.3 Å². The summed E-state index contributed by atoms with van der Waals surface area (Å²) >= 11 is 0. The van der Waals surface area contributed by atoms with Gasteiger partial charge < -0.3 is 9.26 Å². The fraction of sp³-hybridized carbons (Fsp3) is 0.375. The molecule has 0 aliphatic carbocycles. The molecule has 0 radical (unpaired) electrons. The van der Waals surface area contributed by atoms with Gasteiger partial charge in [0.25, 0.3) is 0 Å². The second kappa shape index (κ2) is 5.94. The van der Waals surface area contributed by atoms with Gasteiger partial charge in [0, 0.05) is 12.1 Å². The highest BCUT2D eigenvalue weighted by atomic mass is 32.2. The summed E-state index contributed by atoms with van der Waals surface area (Å²) in [6.07, 6.45) is 1.74. The normalized spacial score (nSPS) is 17.0. The number of hydrogen-bond acceptors (Lipinski definition) is 6. The third-order valence-electron chi connectivity index (χ3n) is 3.85. The Morgan fingerprint density at radius 3 is 2.79 bits per heavy atom. The largest absolute Gasteiger partial charge is 0.455 e. The molecule has 0 bridgehead atoms. The maximum absolute atomic E-state index is 12.2. The molecule has 0 saturated heterocycles. The lowest BCUT2D eigenvalue weighted by Gasteiger charge is -2.21. The molecule has 0 spiro atoms. The molecule has 1 aromatic carbocycles. The van der Waals surface area contributed by atoms with Gasteiger partial charge in [-0.3, -0.25) is 4.31 Å². The fourth-order valence-electron chi connectivity index (χ4n) is 2.94. The van der Waals surface area contributed by atoms with E-state index in [0.29, 0.717) is 29.1 Å². The minimum Gasteiger partial charge on any atom is -0.455 e. The highest BCUT2D eigenvalue weighted by Crippen LogP contribution is 2.34. The zero-order valence-electron chi connectivity index (χ0n) is 13.6. The van der Waals surface area contributed by atoms with Gasteiger partial charge in [-0.2, -0.15) is 0 Å². The summed E-state index contributed by atoms with van der Waals surface area (Å²) in [7, 11) is -3.34. The molecule has 0 saturated carbocycles. The number of hydrogen-bond donors (Lipinski definition) is 0. The number of sulfonamides is 1. The second-order valence-corrected chi connectivity index (χ2v) is 7.82. The van der Waals surface area contributed by atoms with Crippen molar-refractivity contribution in [3.8, 4) is 0 Å². The van der Waals surface area contributed by atoms with E-state index in [1.165, 1.54) is 10.6 Å². The molecule has 0 fully saturated rings. The Hall–Kier alpha value is -2.35. The van der Waals surface area contributed by atoms with Crippen molar-refractivity contribution in [2.45, 2.75) is 32.9 Å². The van der Waals surface area contributed by atoms with E-state index in [1.807, 2.05) is 6.92 Å². The van der Waals surface area contributed by atoms with Gasteiger partial charge >= 0.3 is 5.97 Å². The van der Waals surface area contributed by atoms with Crippen LogP contribution in [0.2, 0.25) is 0 Å². The van der Waals surface area contributed by atoms with E-state index in [1.54, 1.807) is 31.2 Å². The molecule has 1 aliphatic rings. The molecule has 0 N–H and O–H groups in total. The van der Waals surface area contributed by atoms with Crippen molar-refractivity contribution < 1.29 is 22.5 Å². The van der Waals surface area contributed by atoms with E-state index in [-0.39, 0.29) is 12.6 Å². The van der Waals surface area contributed by atoms with Crippen LogP contribution in [0.4, 0.5) is 5.69 Å². The number of ether oxygens (including phenoxy) is 1. The molecule has 1 aromatic heterocycles. The molecule has 2 heterocycles. The van der Waals surface area contributed by atoms with Crippen molar-refractivity contribution in [3.63, 3.8) is 0 Å². The van der Waals surface area contributed by atoms with E-state index < -0.39 is 16.0 Å². The van der Waals surface area contributed by atoms with Crippen molar-refractivity contribution in [2.24, 2.45) is 0 Å². The maximum Gasteiger partial charge on any atom is 0.338 e. The van der Waals surface area contributed by atoms with Crippen molar-refractivity contribution in [1.82, 2.24) is 5.16 Å². The second-order valence-electron chi connectivity index (χ2n) is 5.96. The molecule has 8 heteroatoms. The minimum atomic E-state index is -3.34. The monoisotopic (exact) mass is 350 g/mol. The average Bonchev–Trinajstić information content (AvgIpc) is 3.05. The third kappa shape index (κ3) is 3.14. The van der Waals surface area contributed by atoms with Gasteiger partial charge in [0.05, 0.1) is 17.5 Å². The standard InChI is InChI=1S/C16H18N2O5S/c1-10-6-13-8-12(4-5-15(13)18(10)24(3,20)21)16(19)22-9-14-7-11(2)23-17-14/h4-5,7-8,10H,6,9H2,1-3H3. The molecule has 1 unspecified atom stereocenters. The first-order chi connectivity index (χ1) is 11.3. The van der Waals surface area contributed by atoms with E-state index in [9.17, 15) is 13.2 Å². The van der Waals surface area contributed by atoms with Crippen molar-refractivity contribution in [1.29, 1.82) is 0 Å². The Kier molecular flexibility index (Phi) is 4.08. The van der Waals surface area contributed by atoms with Crippen LogP contribution < -0.4 is 4.31 Å². The number of nitrogens with zero attached hydrogens (tertiary/aromatic N) is 2. The van der Waals surface area contributed by atoms with Crippen LogP contribution in [0.3, 0.4) is 0 Å². The maximum atomic E-state index is 12.2. The number of anilines is 1. The lowest BCUT2D eigenvalue weighted by atomic mass is 10.1. The summed E-state index contributed by atoms with van der Waals surface area (Å²) in [5, 5.41) is 3.76. The highest BCUT2D eigenvalue weighted by Gasteiger charge is 2.32. The fourth-order valence-corrected chi connectivity index (χ4v) is 4.21. The van der Waals surface area contributed by atoms with Crippen LogP contribution in [-0.4, -0.2) is 31.8 Å². The number of aromatic nitrogens is 1. The Morgan fingerprint density at radius 1 is 1.42 bits per heavy atom. The topological polar surface area (TPSA) is 89.7 Å². The minimum absolute atomic E-state index is 0.0269. The van der Waals surface area contributed by atoms with Crippen LogP contribution in [0.5, 0.6) is 0 Å². The summed E-state index contributed by atoms with van der Waals surface area (Å²) in [5.74, 6) is 0.164. The number of fused-ring (bicyclic) bond motifs is 1. The van der Waals surface area contributed by atoms with Gasteiger partial charge in [0.15, 0.2) is 0 Å². The highest BCUT2D eigenvalue weighted by molar-refractivity contribution is 7.92. The zero-order valence-corrected chi connectivity index (χ0v) is 14.5. The molecule has 0 amide bonds. The van der Waals surface area contributed by atoms with Crippen LogP contribution in [0, 0.1) is 6.92 Å². The van der Waals surface area contributed by atoms with Gasteiger partial charge in [-0.05, 0) is 44.0 Å². The molecule has 7 nitrogen and oxygen atoms in total. The third-order valence-corrected chi connectivity index (χ3v) is 5.12. The van der Waals surface area contributed by atoms with Crippen molar-refractivity contribution in [2.75, 3.05) is 10.6 Å². The predicted molar refractivity (Wildman–Crippen MR) is 87.3 cm³/mol. The first-order valence-electron chi connectivity index (χ1n) is 7.47. The van der Waals surface area contributed by atoms with Crippen LogP contribution in [0.25, 0.3) is 0 Å². The molecular weight excluding hydrogens is 332 g/mol. The summed E-state index contributed by atoms with van der Waals surface area (Å²) in [6.45, 7) is 3.62. The Labute approximate surface area is 140 Å². The molecule has 3 rings (SSSR count). The van der Waals surface area contributed by atoms with Gasteiger partial charge in [-0.25, -0.2) is 13.2 Å². The van der Waals surface area contributed by atoms with Crippen LogP contribution in [0.15, 0.2) is 28.8 Å². The predicted octanol–water partition coefficient (Wildman–Crippen LogP) is 2.05. The summed E-state index contributed by atoms with van der Waals surface area (Å²) in [6, 6.07) is 6.44. The smallest absolute Gasteiger partial charge is 0.338 e. The lowest BCUT2D eigenvalue weighted by Crippen LogP contribution is -2.34. The van der Waals surface area contributed by atoms with E-state index in [0.717, 1.165) is 5.56 Å². The summed E-state index contributed by atoms with van der Waals surface area (Å²) in [5.41, 5.74) is 2.36. The van der Waals surface area contributed by atoms with Gasteiger partial charge in [-0.15, -0.1) is 0 Å². The number of benzene rings is 1. The first kappa shape index (κ1) is 16.5. The number of rotatable bonds is 4. The number of aryl methyl sites for hydroxylation is 1. The average molecular weight is 350 g/mol. The quantitative estimate of drug-likeness (QED) is 0.784. The van der Waals surface area contributed by atoms with Crippen LogP contribution >= 0.6 is 0 Å². The summed E-state index contributed by atoms with van der Waals surface area (Å²) < 4.78 is 35.3.